The topological polar surface area (TPSA) is 141 Å². The van der Waals surface area contributed by atoms with Crippen LogP contribution >= 0.6 is 0 Å². The highest BCUT2D eigenvalue weighted by Crippen LogP contribution is 2.32. The molecule has 0 aliphatic rings. The summed E-state index contributed by atoms with van der Waals surface area (Å²) in [5, 5.41) is 14.3. The Morgan fingerprint density at radius 3 is 2.75 bits per heavy atom. The number of nitrogens with zero attached hydrogens (tertiary/aromatic N) is 6. The number of nitrogens with one attached hydrogen (secondary N) is 3. The Bertz CT molecular complexity index is 1680. The van der Waals surface area contributed by atoms with Crippen LogP contribution in [-0.2, 0) is 0 Å². The molecule has 1 atom stereocenters. The van der Waals surface area contributed by atoms with Crippen LogP contribution in [0.2, 0.25) is 0 Å². The van der Waals surface area contributed by atoms with E-state index in [1.54, 1.807) is 18.6 Å². The highest BCUT2D eigenvalue weighted by Gasteiger charge is 2.19. The number of aromatic amines is 3. The average molecular weight is 483 g/mol. The fourth-order valence-electron chi connectivity index (χ4n) is 4.35. The number of likely N-dealkylation sites (N-methyl/N-ethyl adjacent to an activating group) is 1. The van der Waals surface area contributed by atoms with Crippen molar-refractivity contribution < 1.29 is 4.39 Å². The Kier molecular flexibility index (Phi) is 5.28. The normalized spacial score (nSPS) is 12.7. The maximum atomic E-state index is 14.6. The molecule has 0 fully saturated rings. The summed E-state index contributed by atoms with van der Waals surface area (Å²) in [6, 6.07) is 10.2. The van der Waals surface area contributed by atoms with Crippen LogP contribution in [0, 0.1) is 5.82 Å². The summed E-state index contributed by atoms with van der Waals surface area (Å²) >= 11 is 0. The third-order valence-corrected chi connectivity index (χ3v) is 6.03. The second kappa shape index (κ2) is 8.63. The van der Waals surface area contributed by atoms with E-state index >= 15 is 0 Å². The van der Waals surface area contributed by atoms with Crippen molar-refractivity contribution in [3.05, 3.63) is 66.4 Å². The summed E-state index contributed by atoms with van der Waals surface area (Å²) in [6.07, 6.45) is 5.16. The van der Waals surface area contributed by atoms with Crippen molar-refractivity contribution in [3.8, 4) is 33.9 Å². The minimum absolute atomic E-state index is 0.326. The lowest BCUT2D eigenvalue weighted by Gasteiger charge is -2.18. The zero-order valence-electron chi connectivity index (χ0n) is 19.6. The highest BCUT2D eigenvalue weighted by atomic mass is 19.1. The first kappa shape index (κ1) is 22.0. The number of benzene rings is 1. The minimum Gasteiger partial charge on any atom is -0.323 e. The molecule has 5 aromatic heterocycles. The van der Waals surface area contributed by atoms with E-state index in [0.717, 1.165) is 22.3 Å². The summed E-state index contributed by atoms with van der Waals surface area (Å²) in [4.78, 5) is 19.2. The number of hydrogen-bond acceptors (Lipinski definition) is 7. The van der Waals surface area contributed by atoms with Gasteiger partial charge in [-0.3, -0.25) is 10.2 Å². The molecule has 0 aliphatic carbocycles. The first-order valence-electron chi connectivity index (χ1n) is 11.4. The van der Waals surface area contributed by atoms with Gasteiger partial charge in [0.2, 0.25) is 0 Å². The van der Waals surface area contributed by atoms with Gasteiger partial charge in [0.1, 0.15) is 16.9 Å². The molecule has 0 saturated carbocycles. The van der Waals surface area contributed by atoms with Crippen LogP contribution in [-0.4, -0.2) is 65.9 Å². The summed E-state index contributed by atoms with van der Waals surface area (Å²) in [5.41, 5.74) is 13.3. The van der Waals surface area contributed by atoms with Crippen LogP contribution < -0.4 is 5.73 Å². The van der Waals surface area contributed by atoms with Crippen molar-refractivity contribution in [2.45, 2.75) is 6.04 Å². The smallest absolute Gasteiger partial charge is 0.162 e. The molecule has 6 aromatic rings. The molecule has 0 amide bonds. The van der Waals surface area contributed by atoms with Crippen molar-refractivity contribution in [2.75, 3.05) is 20.6 Å². The predicted molar refractivity (Wildman–Crippen MR) is 135 cm³/mol. The number of hydrogen-bond donors (Lipinski definition) is 4. The third kappa shape index (κ3) is 3.89. The molecule has 5 heterocycles. The Morgan fingerprint density at radius 2 is 1.94 bits per heavy atom. The molecule has 0 bridgehead atoms. The number of rotatable bonds is 6. The van der Waals surface area contributed by atoms with Crippen LogP contribution in [0.4, 0.5) is 4.39 Å². The fraction of sp³-hybridized carbons (Fsp3) is 0.160. The van der Waals surface area contributed by atoms with E-state index < -0.39 is 0 Å². The van der Waals surface area contributed by atoms with E-state index in [1.807, 2.05) is 43.3 Å². The van der Waals surface area contributed by atoms with E-state index in [2.05, 4.69) is 30.4 Å². The molecule has 0 saturated heterocycles. The van der Waals surface area contributed by atoms with Gasteiger partial charge in [-0.25, -0.2) is 19.3 Å². The predicted octanol–water partition coefficient (Wildman–Crippen LogP) is 3.65. The largest absolute Gasteiger partial charge is 0.323 e. The number of fused-ring (bicyclic) bond motifs is 2. The Morgan fingerprint density at radius 1 is 1.06 bits per heavy atom. The van der Waals surface area contributed by atoms with Crippen LogP contribution in [0.3, 0.4) is 0 Å². The standard InChI is InChI=1S/C25H23FN10/c1-36(2)12-18(27)14-7-13(8-16(26)9-14)17-5-6-28-24-21(17)32-25(33-24)23-22-20(34-35-23)4-3-19(31-22)15-10-29-30-11-15/h3-11,18H,12,27H2,1-2H3,(H,29,30)(H,34,35)(H,28,32,33). The summed E-state index contributed by atoms with van der Waals surface area (Å²) in [7, 11) is 3.87. The zero-order valence-corrected chi connectivity index (χ0v) is 19.6. The van der Waals surface area contributed by atoms with Crippen molar-refractivity contribution in [1.82, 2.24) is 45.2 Å². The molecule has 6 rings (SSSR count). The molecule has 36 heavy (non-hydrogen) atoms. The van der Waals surface area contributed by atoms with Crippen molar-refractivity contribution >= 4 is 22.2 Å². The Hall–Kier alpha value is -4.48. The van der Waals surface area contributed by atoms with E-state index in [4.69, 9.17) is 15.7 Å². The molecular weight excluding hydrogens is 459 g/mol. The van der Waals surface area contributed by atoms with Gasteiger partial charge in [-0.15, -0.1) is 0 Å². The number of H-pyrrole nitrogens is 3. The molecule has 1 aromatic carbocycles. The molecule has 0 spiro atoms. The summed E-state index contributed by atoms with van der Waals surface area (Å²) in [6.45, 7) is 0.598. The van der Waals surface area contributed by atoms with Gasteiger partial charge in [-0.2, -0.15) is 10.2 Å². The van der Waals surface area contributed by atoms with Crippen LogP contribution in [0.5, 0.6) is 0 Å². The molecule has 11 heteroatoms. The van der Waals surface area contributed by atoms with Gasteiger partial charge in [0.15, 0.2) is 17.2 Å². The third-order valence-electron chi connectivity index (χ3n) is 6.03. The molecule has 180 valence electrons. The monoisotopic (exact) mass is 482 g/mol. The van der Waals surface area contributed by atoms with E-state index in [9.17, 15) is 4.39 Å². The first-order chi connectivity index (χ1) is 17.5. The van der Waals surface area contributed by atoms with Crippen LogP contribution in [0.1, 0.15) is 11.6 Å². The zero-order chi connectivity index (χ0) is 24.8. The van der Waals surface area contributed by atoms with Crippen molar-refractivity contribution in [3.63, 3.8) is 0 Å². The van der Waals surface area contributed by atoms with Gasteiger partial charge >= 0.3 is 0 Å². The van der Waals surface area contributed by atoms with Crippen LogP contribution in [0.25, 0.3) is 56.1 Å². The number of aromatic nitrogens is 8. The fourth-order valence-corrected chi connectivity index (χ4v) is 4.35. The maximum Gasteiger partial charge on any atom is 0.162 e. The van der Waals surface area contributed by atoms with Gasteiger partial charge in [0.05, 0.1) is 17.4 Å². The lowest BCUT2D eigenvalue weighted by atomic mass is 9.99. The van der Waals surface area contributed by atoms with Gasteiger partial charge in [0.25, 0.3) is 0 Å². The number of halogens is 1. The van der Waals surface area contributed by atoms with E-state index in [-0.39, 0.29) is 11.9 Å². The van der Waals surface area contributed by atoms with Crippen LogP contribution in [0.15, 0.2) is 55.0 Å². The Balaban J connectivity index is 1.45. The second-order valence-corrected chi connectivity index (χ2v) is 8.93. The first-order valence-corrected chi connectivity index (χ1v) is 11.4. The van der Waals surface area contributed by atoms with Gasteiger partial charge in [0, 0.05) is 36.1 Å². The van der Waals surface area contributed by atoms with E-state index in [1.165, 1.54) is 12.1 Å². The molecular formula is C25H23FN10. The highest BCUT2D eigenvalue weighted by molar-refractivity contribution is 5.95. The number of pyridine rings is 2. The van der Waals surface area contributed by atoms with E-state index in [0.29, 0.717) is 45.9 Å². The molecule has 0 aliphatic heterocycles. The molecule has 10 nitrogen and oxygen atoms in total. The van der Waals surface area contributed by atoms with Gasteiger partial charge < -0.3 is 15.6 Å². The molecule has 0 radical (unpaired) electrons. The second-order valence-electron chi connectivity index (χ2n) is 8.93. The maximum absolute atomic E-state index is 14.6. The minimum atomic E-state index is -0.355. The number of imidazole rings is 1. The molecule has 5 N–H and O–H groups in total. The molecule has 1 unspecified atom stereocenters. The SMILES string of the molecule is CN(C)CC(N)c1cc(F)cc(-c2ccnc3[nH]c(-c4n[nH]c5ccc(-c6cn[nH]c6)nc45)nc23)c1. The van der Waals surface area contributed by atoms with Crippen molar-refractivity contribution in [1.29, 1.82) is 0 Å². The Labute approximate surface area is 204 Å². The average Bonchev–Trinajstić information content (AvgIpc) is 3.61. The number of nitrogens with two attached hydrogens (primary N) is 1. The van der Waals surface area contributed by atoms with Gasteiger partial charge in [-0.1, -0.05) is 0 Å². The lowest BCUT2D eigenvalue weighted by molar-refractivity contribution is 0.376. The van der Waals surface area contributed by atoms with Crippen molar-refractivity contribution in [2.24, 2.45) is 5.73 Å². The summed E-state index contributed by atoms with van der Waals surface area (Å²) in [5.74, 6) is 0.153. The summed E-state index contributed by atoms with van der Waals surface area (Å²) < 4.78 is 14.6. The van der Waals surface area contributed by atoms with Gasteiger partial charge in [-0.05, 0) is 61.6 Å². The quantitative estimate of drug-likeness (QED) is 0.284. The lowest BCUT2D eigenvalue weighted by Crippen LogP contribution is -2.26.